The molecule has 0 heterocycles. The molecule has 0 saturated heterocycles. The highest BCUT2D eigenvalue weighted by atomic mass is 16.6. The van der Waals surface area contributed by atoms with Crippen LogP contribution < -0.4 is 10.6 Å². The lowest BCUT2D eigenvalue weighted by atomic mass is 9.88. The first-order chi connectivity index (χ1) is 13.0. The molecule has 0 aliphatic carbocycles. The maximum absolute atomic E-state index is 12.2. The minimum atomic E-state index is -0.778. The van der Waals surface area contributed by atoms with Gasteiger partial charge in [0, 0.05) is 19.5 Å². The fourth-order valence-electron chi connectivity index (χ4n) is 2.79. The van der Waals surface area contributed by atoms with Crippen LogP contribution in [-0.2, 0) is 11.2 Å². The molecule has 0 saturated carbocycles. The number of nitriles is 1. The molecule has 0 unspecified atom stereocenters. The van der Waals surface area contributed by atoms with Crippen LogP contribution in [0.5, 0.6) is 0 Å². The maximum atomic E-state index is 12.2. The van der Waals surface area contributed by atoms with E-state index in [1.807, 2.05) is 30.3 Å². The number of aliphatic hydroxyl groups excluding tert-OH is 1. The average Bonchev–Trinajstić information content (AvgIpc) is 2.58. The van der Waals surface area contributed by atoms with Gasteiger partial charge in [0.1, 0.15) is 5.60 Å². The lowest BCUT2D eigenvalue weighted by Gasteiger charge is -2.29. The Bertz CT molecular complexity index is 633. The molecular weight excluding hydrogens is 354 g/mol. The monoisotopic (exact) mass is 389 g/mol. The normalized spacial score (nSPS) is 14.0. The molecule has 3 N–H and O–H groups in total. The lowest BCUT2D eigenvalue weighted by Crippen LogP contribution is -2.50. The SMILES string of the molecule is CC(C)(CCC#N)CNC[C@H](O)[C@H](Cc1ccccc1)NC(=O)OC(C)(C)C. The van der Waals surface area contributed by atoms with E-state index in [0.29, 0.717) is 25.9 Å². The number of ether oxygens (including phenoxy) is 1. The van der Waals surface area contributed by atoms with Crippen molar-refractivity contribution in [2.75, 3.05) is 13.1 Å². The molecule has 28 heavy (non-hydrogen) atoms. The van der Waals surface area contributed by atoms with E-state index in [9.17, 15) is 9.90 Å². The molecule has 1 amide bonds. The Morgan fingerprint density at radius 3 is 2.43 bits per heavy atom. The van der Waals surface area contributed by atoms with Gasteiger partial charge in [-0.3, -0.25) is 0 Å². The van der Waals surface area contributed by atoms with Crippen LogP contribution in [0.15, 0.2) is 30.3 Å². The van der Waals surface area contributed by atoms with Crippen molar-refractivity contribution < 1.29 is 14.6 Å². The van der Waals surface area contributed by atoms with E-state index in [1.54, 1.807) is 20.8 Å². The third-order valence-electron chi connectivity index (χ3n) is 4.34. The Kier molecular flexibility index (Phi) is 9.44. The fraction of sp³-hybridized carbons (Fsp3) is 0.636. The standard InChI is InChI=1S/C22H35N3O3/c1-21(2,3)28-20(27)25-18(14-17-10-7-6-8-11-17)19(26)15-24-16-22(4,5)12-9-13-23/h6-8,10-11,18-19,24,26H,9,12,14-16H2,1-5H3,(H,25,27)/t18-,19-/m0/s1. The molecule has 156 valence electrons. The number of nitrogens with zero attached hydrogens (tertiary/aromatic N) is 1. The second kappa shape index (κ2) is 11.0. The number of nitrogens with one attached hydrogen (secondary N) is 2. The molecule has 1 rings (SSSR count). The van der Waals surface area contributed by atoms with Crippen molar-refractivity contribution in [3.63, 3.8) is 0 Å². The molecule has 0 aromatic heterocycles. The second-order valence-electron chi connectivity index (χ2n) is 8.96. The smallest absolute Gasteiger partial charge is 0.407 e. The van der Waals surface area contributed by atoms with Gasteiger partial charge in [0.2, 0.25) is 0 Å². The summed E-state index contributed by atoms with van der Waals surface area (Å²) in [4.78, 5) is 12.2. The van der Waals surface area contributed by atoms with Crippen molar-refractivity contribution in [3.8, 4) is 6.07 Å². The Morgan fingerprint density at radius 2 is 1.86 bits per heavy atom. The first-order valence-corrected chi connectivity index (χ1v) is 9.81. The van der Waals surface area contributed by atoms with Crippen molar-refractivity contribution >= 4 is 6.09 Å². The molecule has 0 aliphatic heterocycles. The van der Waals surface area contributed by atoms with E-state index in [1.165, 1.54) is 0 Å². The summed E-state index contributed by atoms with van der Waals surface area (Å²) in [6.45, 7) is 10.6. The average molecular weight is 390 g/mol. The van der Waals surface area contributed by atoms with Crippen molar-refractivity contribution in [3.05, 3.63) is 35.9 Å². The van der Waals surface area contributed by atoms with Crippen molar-refractivity contribution in [2.45, 2.75) is 71.6 Å². The van der Waals surface area contributed by atoms with E-state index in [0.717, 1.165) is 12.0 Å². The van der Waals surface area contributed by atoms with Crippen LogP contribution in [-0.4, -0.2) is 42.0 Å². The van der Waals surface area contributed by atoms with Crippen LogP contribution in [0.25, 0.3) is 0 Å². The summed E-state index contributed by atoms with van der Waals surface area (Å²) >= 11 is 0. The van der Waals surface area contributed by atoms with Gasteiger partial charge in [-0.25, -0.2) is 4.79 Å². The highest BCUT2D eigenvalue weighted by Crippen LogP contribution is 2.20. The minimum absolute atomic E-state index is 0.0387. The molecule has 1 aromatic carbocycles. The van der Waals surface area contributed by atoms with Crippen molar-refractivity contribution in [1.29, 1.82) is 5.26 Å². The lowest BCUT2D eigenvalue weighted by molar-refractivity contribution is 0.0420. The first kappa shape index (κ1) is 23.9. The first-order valence-electron chi connectivity index (χ1n) is 9.81. The number of aliphatic hydroxyl groups is 1. The van der Waals surface area contributed by atoms with Crippen LogP contribution in [0.4, 0.5) is 4.79 Å². The Balaban J connectivity index is 2.69. The summed E-state index contributed by atoms with van der Waals surface area (Å²) in [5.41, 5.74) is 0.384. The van der Waals surface area contributed by atoms with Gasteiger partial charge in [0.15, 0.2) is 0 Å². The number of amides is 1. The van der Waals surface area contributed by atoms with Crippen molar-refractivity contribution in [2.24, 2.45) is 5.41 Å². The molecule has 0 radical (unpaired) electrons. The summed E-state index contributed by atoms with van der Waals surface area (Å²) in [7, 11) is 0. The van der Waals surface area contributed by atoms with Gasteiger partial charge in [-0.1, -0.05) is 44.2 Å². The van der Waals surface area contributed by atoms with Gasteiger partial charge in [-0.2, -0.15) is 5.26 Å². The molecule has 1 aromatic rings. The number of alkyl carbamates (subject to hydrolysis) is 1. The maximum Gasteiger partial charge on any atom is 0.407 e. The van der Waals surface area contributed by atoms with Crippen LogP contribution in [0, 0.1) is 16.7 Å². The predicted molar refractivity (Wildman–Crippen MR) is 111 cm³/mol. The van der Waals surface area contributed by atoms with E-state index in [-0.39, 0.29) is 5.41 Å². The topological polar surface area (TPSA) is 94.4 Å². The number of hydrogen-bond donors (Lipinski definition) is 3. The van der Waals surface area contributed by atoms with Gasteiger partial charge in [0.05, 0.1) is 18.2 Å². The van der Waals surface area contributed by atoms with Gasteiger partial charge in [0.25, 0.3) is 0 Å². The van der Waals surface area contributed by atoms with Crippen LogP contribution in [0.1, 0.15) is 53.0 Å². The molecule has 0 aliphatic rings. The second-order valence-corrected chi connectivity index (χ2v) is 8.96. The fourth-order valence-corrected chi connectivity index (χ4v) is 2.79. The van der Waals surface area contributed by atoms with Crippen LogP contribution in [0.2, 0.25) is 0 Å². The molecule has 6 nitrogen and oxygen atoms in total. The van der Waals surface area contributed by atoms with Gasteiger partial charge in [-0.05, 0) is 44.6 Å². The Hall–Kier alpha value is -2.10. The summed E-state index contributed by atoms with van der Waals surface area (Å²) in [5, 5.41) is 25.5. The zero-order valence-corrected chi connectivity index (χ0v) is 17.8. The van der Waals surface area contributed by atoms with Crippen LogP contribution in [0.3, 0.4) is 0 Å². The number of carbonyl (C=O) groups is 1. The molecule has 0 spiro atoms. The summed E-state index contributed by atoms with van der Waals surface area (Å²) in [6.07, 6.45) is 0.478. The third kappa shape index (κ3) is 10.3. The van der Waals surface area contributed by atoms with Crippen molar-refractivity contribution in [1.82, 2.24) is 10.6 Å². The van der Waals surface area contributed by atoms with Crippen LogP contribution >= 0.6 is 0 Å². The molecular formula is C22H35N3O3. The quantitative estimate of drug-likeness (QED) is 0.570. The zero-order chi connectivity index (χ0) is 21.2. The zero-order valence-electron chi connectivity index (χ0n) is 17.8. The highest BCUT2D eigenvalue weighted by molar-refractivity contribution is 5.68. The number of rotatable bonds is 10. The van der Waals surface area contributed by atoms with E-state index >= 15 is 0 Å². The summed E-state index contributed by atoms with van der Waals surface area (Å²) in [6, 6.07) is 11.4. The largest absolute Gasteiger partial charge is 0.444 e. The molecule has 6 heteroatoms. The van der Waals surface area contributed by atoms with E-state index < -0.39 is 23.8 Å². The van der Waals surface area contributed by atoms with Gasteiger partial charge in [-0.15, -0.1) is 0 Å². The molecule has 0 bridgehead atoms. The number of carbonyl (C=O) groups excluding carboxylic acids is 1. The number of hydrogen-bond acceptors (Lipinski definition) is 5. The molecule has 2 atom stereocenters. The summed E-state index contributed by atoms with van der Waals surface area (Å²) in [5.74, 6) is 0. The van der Waals surface area contributed by atoms with E-state index in [4.69, 9.17) is 10.00 Å². The van der Waals surface area contributed by atoms with E-state index in [2.05, 4.69) is 30.6 Å². The van der Waals surface area contributed by atoms with Gasteiger partial charge >= 0.3 is 6.09 Å². The van der Waals surface area contributed by atoms with Gasteiger partial charge < -0.3 is 20.5 Å². The third-order valence-corrected chi connectivity index (χ3v) is 4.34. The molecule has 0 fully saturated rings. The highest BCUT2D eigenvalue weighted by Gasteiger charge is 2.25. The number of benzene rings is 1. The minimum Gasteiger partial charge on any atom is -0.444 e. The Morgan fingerprint density at radius 1 is 1.21 bits per heavy atom. The predicted octanol–water partition coefficient (Wildman–Crippen LogP) is 3.40. The summed E-state index contributed by atoms with van der Waals surface area (Å²) < 4.78 is 5.35. The Labute approximate surface area is 169 Å².